The highest BCUT2D eigenvalue weighted by atomic mass is 16.7. The molecule has 2 aromatic carbocycles. The predicted octanol–water partition coefficient (Wildman–Crippen LogP) is 2.13. The van der Waals surface area contributed by atoms with E-state index in [1.165, 1.54) is 14.2 Å². The number of benzene rings is 2. The van der Waals surface area contributed by atoms with Crippen molar-refractivity contribution in [1.82, 2.24) is 0 Å². The summed E-state index contributed by atoms with van der Waals surface area (Å²) in [5, 5.41) is 9.91. The first-order valence-corrected chi connectivity index (χ1v) is 7.79. The molecular formula is C18H16O8. The SMILES string of the molecule is COc1cc(C=O)c(-c2c(CO)cc(OC)c3c2OCO3)c2c1OCO2. The molecule has 2 aliphatic heterocycles. The summed E-state index contributed by atoms with van der Waals surface area (Å²) in [6, 6.07) is 3.20. The van der Waals surface area contributed by atoms with Crippen molar-refractivity contribution in [1.29, 1.82) is 0 Å². The lowest BCUT2D eigenvalue weighted by molar-refractivity contribution is 0.112. The average Bonchev–Trinajstić information content (AvgIpc) is 3.35. The number of methoxy groups -OCH3 is 2. The number of ether oxygens (including phenoxy) is 6. The van der Waals surface area contributed by atoms with Crippen LogP contribution in [0.25, 0.3) is 11.1 Å². The van der Waals surface area contributed by atoms with Crippen LogP contribution < -0.4 is 28.4 Å². The van der Waals surface area contributed by atoms with Crippen LogP contribution >= 0.6 is 0 Å². The van der Waals surface area contributed by atoms with Crippen molar-refractivity contribution in [3.8, 4) is 45.6 Å². The van der Waals surface area contributed by atoms with E-state index >= 15 is 0 Å². The number of aliphatic hydroxyl groups excluding tert-OH is 1. The molecule has 2 heterocycles. The van der Waals surface area contributed by atoms with Gasteiger partial charge in [0.25, 0.3) is 0 Å². The Hall–Kier alpha value is -3.13. The molecule has 8 nitrogen and oxygen atoms in total. The maximum atomic E-state index is 11.8. The Balaban J connectivity index is 2.07. The van der Waals surface area contributed by atoms with Crippen molar-refractivity contribution >= 4 is 6.29 Å². The maximum Gasteiger partial charge on any atom is 0.231 e. The van der Waals surface area contributed by atoms with Crippen molar-refractivity contribution in [2.24, 2.45) is 0 Å². The summed E-state index contributed by atoms with van der Waals surface area (Å²) in [7, 11) is 2.98. The number of aliphatic hydroxyl groups is 1. The molecule has 2 aromatic rings. The standard InChI is InChI=1S/C18H16O8/c1-21-11-3-9(5-19)13(17-15(11)23-7-25-17)14-10(6-20)4-12(22-2)16-18(14)26-8-24-16/h3-5,20H,6-8H2,1-2H3. The number of aldehydes is 1. The van der Waals surface area contributed by atoms with Crippen molar-refractivity contribution in [2.45, 2.75) is 6.61 Å². The summed E-state index contributed by atoms with van der Waals surface area (Å²) < 4.78 is 32.8. The van der Waals surface area contributed by atoms with Gasteiger partial charge in [-0.1, -0.05) is 0 Å². The predicted molar refractivity (Wildman–Crippen MR) is 88.5 cm³/mol. The summed E-state index contributed by atoms with van der Waals surface area (Å²) in [5.41, 5.74) is 1.75. The van der Waals surface area contributed by atoms with Crippen molar-refractivity contribution in [2.75, 3.05) is 27.8 Å². The van der Waals surface area contributed by atoms with E-state index in [4.69, 9.17) is 28.4 Å². The molecule has 0 atom stereocenters. The van der Waals surface area contributed by atoms with E-state index in [1.807, 2.05) is 0 Å². The van der Waals surface area contributed by atoms with Crippen LogP contribution in [0.15, 0.2) is 12.1 Å². The lowest BCUT2D eigenvalue weighted by Crippen LogP contribution is -2.00. The summed E-state index contributed by atoms with van der Waals surface area (Å²) in [6.07, 6.45) is 0.688. The molecule has 0 amide bonds. The molecule has 0 aliphatic carbocycles. The Bertz CT molecular complexity index is 890. The Labute approximate surface area is 148 Å². The Morgan fingerprint density at radius 2 is 1.46 bits per heavy atom. The molecule has 0 unspecified atom stereocenters. The molecule has 0 radical (unpaired) electrons. The molecule has 1 N–H and O–H groups in total. The fourth-order valence-corrected chi connectivity index (χ4v) is 3.20. The third kappa shape index (κ3) is 2.22. The number of carbonyl (C=O) groups excluding carboxylic acids is 1. The van der Waals surface area contributed by atoms with Crippen molar-refractivity contribution < 1.29 is 38.3 Å². The van der Waals surface area contributed by atoms with Gasteiger partial charge in [0.1, 0.15) is 0 Å². The molecule has 26 heavy (non-hydrogen) atoms. The fourth-order valence-electron chi connectivity index (χ4n) is 3.20. The van der Waals surface area contributed by atoms with E-state index in [9.17, 15) is 9.90 Å². The van der Waals surface area contributed by atoms with Gasteiger partial charge < -0.3 is 33.5 Å². The second kappa shape index (κ2) is 6.30. The third-order valence-electron chi connectivity index (χ3n) is 4.32. The number of fused-ring (bicyclic) bond motifs is 2. The summed E-state index contributed by atoms with van der Waals surface area (Å²) >= 11 is 0. The largest absolute Gasteiger partial charge is 0.493 e. The zero-order chi connectivity index (χ0) is 18.3. The normalized spacial score (nSPS) is 13.7. The van der Waals surface area contributed by atoms with Gasteiger partial charge in [0, 0.05) is 16.7 Å². The minimum absolute atomic E-state index is 0.000297. The van der Waals surface area contributed by atoms with E-state index in [0.717, 1.165) is 0 Å². The second-order valence-electron chi connectivity index (χ2n) is 5.56. The first-order chi connectivity index (χ1) is 12.7. The zero-order valence-corrected chi connectivity index (χ0v) is 14.2. The first kappa shape index (κ1) is 16.3. The Morgan fingerprint density at radius 3 is 2.00 bits per heavy atom. The lowest BCUT2D eigenvalue weighted by Gasteiger charge is -2.17. The number of hydrogen-bond donors (Lipinski definition) is 1. The summed E-state index contributed by atoms with van der Waals surface area (Å²) in [5.74, 6) is 2.33. The number of rotatable bonds is 5. The highest BCUT2D eigenvalue weighted by molar-refractivity contribution is 5.97. The van der Waals surface area contributed by atoms with Gasteiger partial charge in [-0.05, 0) is 17.7 Å². The van der Waals surface area contributed by atoms with E-state index in [2.05, 4.69) is 0 Å². The summed E-state index contributed by atoms with van der Waals surface area (Å²) in [6.45, 7) is -0.312. The highest BCUT2D eigenvalue weighted by Crippen LogP contribution is 2.56. The molecule has 8 heteroatoms. The smallest absolute Gasteiger partial charge is 0.231 e. The number of carbonyl (C=O) groups is 1. The number of hydrogen-bond acceptors (Lipinski definition) is 8. The zero-order valence-electron chi connectivity index (χ0n) is 14.2. The maximum absolute atomic E-state index is 11.8. The molecular weight excluding hydrogens is 344 g/mol. The quantitative estimate of drug-likeness (QED) is 0.811. The van der Waals surface area contributed by atoms with Gasteiger partial charge >= 0.3 is 0 Å². The molecule has 4 rings (SSSR count). The van der Waals surface area contributed by atoms with Gasteiger partial charge in [0.05, 0.1) is 20.8 Å². The van der Waals surface area contributed by atoms with Gasteiger partial charge in [-0.2, -0.15) is 0 Å². The van der Waals surface area contributed by atoms with E-state index < -0.39 is 0 Å². The fraction of sp³-hybridized carbons (Fsp3) is 0.278. The topological polar surface area (TPSA) is 92.7 Å². The molecule has 2 aliphatic rings. The van der Waals surface area contributed by atoms with Gasteiger partial charge in [0.15, 0.2) is 29.3 Å². The Morgan fingerprint density at radius 1 is 0.923 bits per heavy atom. The molecule has 0 saturated carbocycles. The van der Waals surface area contributed by atoms with Crippen LogP contribution in [0.5, 0.6) is 34.5 Å². The third-order valence-corrected chi connectivity index (χ3v) is 4.32. The van der Waals surface area contributed by atoms with E-state index in [0.29, 0.717) is 63.0 Å². The molecule has 0 saturated heterocycles. The second-order valence-corrected chi connectivity index (χ2v) is 5.56. The van der Waals surface area contributed by atoms with Crippen LogP contribution in [-0.4, -0.2) is 39.2 Å². The molecule has 136 valence electrons. The lowest BCUT2D eigenvalue weighted by atomic mass is 9.92. The van der Waals surface area contributed by atoms with Gasteiger partial charge in [-0.25, -0.2) is 0 Å². The van der Waals surface area contributed by atoms with Crippen LogP contribution in [0, 0.1) is 0 Å². The first-order valence-electron chi connectivity index (χ1n) is 7.79. The monoisotopic (exact) mass is 360 g/mol. The molecule has 0 spiro atoms. The Kier molecular flexibility index (Phi) is 3.96. The van der Waals surface area contributed by atoms with Crippen LogP contribution in [0.2, 0.25) is 0 Å². The molecule has 0 aromatic heterocycles. The van der Waals surface area contributed by atoms with Crippen LogP contribution in [0.4, 0.5) is 0 Å². The van der Waals surface area contributed by atoms with Crippen LogP contribution in [0.1, 0.15) is 15.9 Å². The highest BCUT2D eigenvalue weighted by Gasteiger charge is 2.33. The molecule has 0 fully saturated rings. The van der Waals surface area contributed by atoms with E-state index in [-0.39, 0.29) is 20.2 Å². The minimum Gasteiger partial charge on any atom is -0.493 e. The average molecular weight is 360 g/mol. The van der Waals surface area contributed by atoms with Crippen molar-refractivity contribution in [3.63, 3.8) is 0 Å². The van der Waals surface area contributed by atoms with Gasteiger partial charge in [0.2, 0.25) is 25.1 Å². The minimum atomic E-state index is -0.303. The van der Waals surface area contributed by atoms with E-state index in [1.54, 1.807) is 12.1 Å². The summed E-state index contributed by atoms with van der Waals surface area (Å²) in [4.78, 5) is 11.8. The molecule has 0 bridgehead atoms. The van der Waals surface area contributed by atoms with Gasteiger partial charge in [-0.3, -0.25) is 4.79 Å². The van der Waals surface area contributed by atoms with Crippen LogP contribution in [0.3, 0.4) is 0 Å². The van der Waals surface area contributed by atoms with Gasteiger partial charge in [-0.15, -0.1) is 0 Å². The van der Waals surface area contributed by atoms with Crippen molar-refractivity contribution in [3.05, 3.63) is 23.3 Å². The van der Waals surface area contributed by atoms with Crippen LogP contribution in [-0.2, 0) is 6.61 Å².